The van der Waals surface area contributed by atoms with Crippen molar-refractivity contribution in [1.29, 1.82) is 0 Å². The van der Waals surface area contributed by atoms with E-state index < -0.39 is 0 Å². The standard InChI is InChI=1S/C22H28N2O2/c1-18(25)19-8-6-10-21(16-19)26-15-5-4-14-24-13-3-2-11-22(24)20-9-7-12-23-17-20/h6-10,12,16-17,22H,2-5,11,13-15H2,1H3/p+1/t22-/m1/s1. The topological polar surface area (TPSA) is 43.6 Å². The zero-order chi connectivity index (χ0) is 18.2. The van der Waals surface area contributed by atoms with Gasteiger partial charge in [0.15, 0.2) is 5.78 Å². The van der Waals surface area contributed by atoms with E-state index in [1.807, 2.05) is 42.7 Å². The van der Waals surface area contributed by atoms with Crippen LogP contribution in [0.4, 0.5) is 0 Å². The molecule has 1 aliphatic rings. The molecule has 2 aromatic rings. The summed E-state index contributed by atoms with van der Waals surface area (Å²) in [6.07, 6.45) is 9.96. The Hall–Kier alpha value is -2.20. The molecule has 26 heavy (non-hydrogen) atoms. The van der Waals surface area contributed by atoms with Crippen LogP contribution in [0.25, 0.3) is 0 Å². The number of aromatic nitrogens is 1. The minimum Gasteiger partial charge on any atom is -0.494 e. The normalized spacial score (nSPS) is 19.9. The van der Waals surface area contributed by atoms with E-state index in [-0.39, 0.29) is 5.78 Å². The Kier molecular flexibility index (Phi) is 6.78. The van der Waals surface area contributed by atoms with Crippen molar-refractivity contribution in [2.24, 2.45) is 0 Å². The molecule has 1 fully saturated rings. The number of rotatable bonds is 8. The highest BCUT2D eigenvalue weighted by Crippen LogP contribution is 2.18. The maximum atomic E-state index is 11.4. The fourth-order valence-corrected chi connectivity index (χ4v) is 3.81. The number of piperidine rings is 1. The number of ketones is 1. The van der Waals surface area contributed by atoms with Crippen LogP contribution in [0, 0.1) is 0 Å². The third-order valence-electron chi connectivity index (χ3n) is 5.22. The predicted molar refractivity (Wildman–Crippen MR) is 103 cm³/mol. The van der Waals surface area contributed by atoms with Gasteiger partial charge in [0.2, 0.25) is 0 Å². The van der Waals surface area contributed by atoms with Gasteiger partial charge in [0.1, 0.15) is 11.8 Å². The molecule has 1 unspecified atom stereocenters. The van der Waals surface area contributed by atoms with Crippen molar-refractivity contribution in [2.45, 2.75) is 45.1 Å². The lowest BCUT2D eigenvalue weighted by Gasteiger charge is -2.32. The number of pyridine rings is 1. The van der Waals surface area contributed by atoms with Gasteiger partial charge < -0.3 is 9.64 Å². The van der Waals surface area contributed by atoms with Gasteiger partial charge in [-0.1, -0.05) is 18.2 Å². The molecule has 0 radical (unpaired) electrons. The maximum absolute atomic E-state index is 11.4. The first-order valence-electron chi connectivity index (χ1n) is 9.72. The Morgan fingerprint density at radius 1 is 1.23 bits per heavy atom. The van der Waals surface area contributed by atoms with E-state index in [2.05, 4.69) is 11.1 Å². The fraction of sp³-hybridized carbons (Fsp3) is 0.455. The fourth-order valence-electron chi connectivity index (χ4n) is 3.81. The minimum absolute atomic E-state index is 0.0746. The Bertz CT molecular complexity index is 702. The molecule has 0 bridgehead atoms. The SMILES string of the molecule is CC(=O)c1cccc(OCCCC[NH+]2CCCC[C@@H]2c2cccnc2)c1. The molecule has 1 aromatic carbocycles. The third-order valence-corrected chi connectivity index (χ3v) is 5.22. The summed E-state index contributed by atoms with van der Waals surface area (Å²) in [6.45, 7) is 4.71. The minimum atomic E-state index is 0.0746. The van der Waals surface area contributed by atoms with E-state index in [1.165, 1.54) is 37.9 Å². The number of nitrogens with one attached hydrogen (secondary N) is 1. The van der Waals surface area contributed by atoms with Crippen molar-refractivity contribution in [3.63, 3.8) is 0 Å². The second kappa shape index (κ2) is 9.48. The summed E-state index contributed by atoms with van der Waals surface area (Å²) in [7, 11) is 0. The van der Waals surface area contributed by atoms with Gasteiger partial charge in [-0.25, -0.2) is 0 Å². The molecule has 2 heterocycles. The molecule has 0 aliphatic carbocycles. The van der Waals surface area contributed by atoms with E-state index in [4.69, 9.17) is 4.74 Å². The van der Waals surface area contributed by atoms with E-state index in [9.17, 15) is 4.79 Å². The van der Waals surface area contributed by atoms with Crippen molar-refractivity contribution >= 4 is 5.78 Å². The number of carbonyl (C=O) groups is 1. The van der Waals surface area contributed by atoms with Crippen LogP contribution in [0.1, 0.15) is 61.0 Å². The molecule has 0 amide bonds. The first-order chi connectivity index (χ1) is 12.7. The molecular formula is C22H29N2O2+. The number of hydrogen-bond acceptors (Lipinski definition) is 3. The molecule has 3 rings (SSSR count). The van der Waals surface area contributed by atoms with E-state index in [1.54, 1.807) is 11.8 Å². The summed E-state index contributed by atoms with van der Waals surface area (Å²) in [6, 6.07) is 12.3. The summed E-state index contributed by atoms with van der Waals surface area (Å²) < 4.78 is 5.83. The molecule has 1 saturated heterocycles. The van der Waals surface area contributed by atoms with Gasteiger partial charge in [-0.15, -0.1) is 0 Å². The summed E-state index contributed by atoms with van der Waals surface area (Å²) in [4.78, 5) is 17.4. The molecule has 0 spiro atoms. The zero-order valence-electron chi connectivity index (χ0n) is 15.6. The summed E-state index contributed by atoms with van der Waals surface area (Å²) in [5.74, 6) is 0.863. The number of unbranched alkanes of at least 4 members (excludes halogenated alkanes) is 1. The van der Waals surface area contributed by atoms with Crippen molar-refractivity contribution in [1.82, 2.24) is 4.98 Å². The molecule has 0 saturated carbocycles. The first kappa shape index (κ1) is 18.6. The van der Waals surface area contributed by atoms with Crippen LogP contribution in [0.2, 0.25) is 0 Å². The third kappa shape index (κ3) is 5.15. The van der Waals surface area contributed by atoms with E-state index in [0.717, 1.165) is 18.6 Å². The number of quaternary nitrogens is 1. The van der Waals surface area contributed by atoms with Crippen LogP contribution in [-0.2, 0) is 0 Å². The highest BCUT2D eigenvalue weighted by Gasteiger charge is 2.27. The quantitative estimate of drug-likeness (QED) is 0.585. The Morgan fingerprint density at radius 2 is 2.15 bits per heavy atom. The van der Waals surface area contributed by atoms with Gasteiger partial charge in [-0.05, 0) is 50.8 Å². The summed E-state index contributed by atoms with van der Waals surface area (Å²) in [5.41, 5.74) is 2.08. The Balaban J connectivity index is 1.44. The maximum Gasteiger partial charge on any atom is 0.159 e. The van der Waals surface area contributed by atoms with E-state index in [0.29, 0.717) is 18.2 Å². The molecule has 1 aromatic heterocycles. The lowest BCUT2D eigenvalue weighted by molar-refractivity contribution is -0.937. The summed E-state index contributed by atoms with van der Waals surface area (Å²) >= 11 is 0. The van der Waals surface area contributed by atoms with Gasteiger partial charge in [-0.2, -0.15) is 0 Å². The lowest BCUT2D eigenvalue weighted by atomic mass is 9.96. The number of Topliss-reactive ketones (excluding diaryl/α,β-unsaturated/α-hetero) is 1. The van der Waals surface area contributed by atoms with Crippen LogP contribution in [0.5, 0.6) is 5.75 Å². The predicted octanol–water partition coefficient (Wildman–Crippen LogP) is 3.25. The number of nitrogens with zero attached hydrogens (tertiary/aromatic N) is 1. The largest absolute Gasteiger partial charge is 0.494 e. The smallest absolute Gasteiger partial charge is 0.159 e. The first-order valence-corrected chi connectivity index (χ1v) is 9.72. The number of likely N-dealkylation sites (tertiary alicyclic amines) is 1. The summed E-state index contributed by atoms with van der Waals surface area (Å²) in [5, 5.41) is 0. The molecule has 1 aliphatic heterocycles. The molecule has 1 N–H and O–H groups in total. The second-order valence-corrected chi connectivity index (χ2v) is 7.13. The van der Waals surface area contributed by atoms with Crippen molar-refractivity contribution in [3.05, 3.63) is 59.9 Å². The van der Waals surface area contributed by atoms with Crippen LogP contribution >= 0.6 is 0 Å². The average molecular weight is 353 g/mol. The highest BCUT2D eigenvalue weighted by molar-refractivity contribution is 5.94. The second-order valence-electron chi connectivity index (χ2n) is 7.13. The van der Waals surface area contributed by atoms with Crippen LogP contribution in [-0.4, -0.2) is 30.5 Å². The molecule has 138 valence electrons. The van der Waals surface area contributed by atoms with Crippen molar-refractivity contribution in [2.75, 3.05) is 19.7 Å². The Labute approximate surface area is 156 Å². The van der Waals surface area contributed by atoms with Crippen LogP contribution < -0.4 is 9.64 Å². The van der Waals surface area contributed by atoms with Crippen molar-refractivity contribution < 1.29 is 14.4 Å². The number of carbonyl (C=O) groups excluding carboxylic acids is 1. The van der Waals surface area contributed by atoms with Crippen LogP contribution in [0.15, 0.2) is 48.8 Å². The van der Waals surface area contributed by atoms with Gasteiger partial charge in [0, 0.05) is 29.9 Å². The van der Waals surface area contributed by atoms with Gasteiger partial charge in [-0.3, -0.25) is 9.78 Å². The van der Waals surface area contributed by atoms with E-state index >= 15 is 0 Å². The zero-order valence-corrected chi connectivity index (χ0v) is 15.6. The highest BCUT2D eigenvalue weighted by atomic mass is 16.5. The number of hydrogen-bond donors (Lipinski definition) is 1. The van der Waals surface area contributed by atoms with Gasteiger partial charge in [0.25, 0.3) is 0 Å². The monoisotopic (exact) mass is 353 g/mol. The molecule has 4 nitrogen and oxygen atoms in total. The lowest BCUT2D eigenvalue weighted by Crippen LogP contribution is -3.13. The molecular weight excluding hydrogens is 324 g/mol. The average Bonchev–Trinajstić information content (AvgIpc) is 2.69. The van der Waals surface area contributed by atoms with Gasteiger partial charge in [0.05, 0.1) is 19.7 Å². The van der Waals surface area contributed by atoms with Gasteiger partial charge >= 0.3 is 0 Å². The molecule has 4 heteroatoms. The Morgan fingerprint density at radius 3 is 2.96 bits per heavy atom. The number of benzene rings is 1. The van der Waals surface area contributed by atoms with Crippen LogP contribution in [0.3, 0.4) is 0 Å². The molecule has 2 atom stereocenters. The van der Waals surface area contributed by atoms with Crippen molar-refractivity contribution in [3.8, 4) is 5.75 Å². The number of ether oxygens (including phenoxy) is 1.